The zero-order valence-electron chi connectivity index (χ0n) is 21.4. The van der Waals surface area contributed by atoms with Gasteiger partial charge in [0.25, 0.3) is 0 Å². The molecular weight excluding hydrogens is 475 g/mol. The van der Waals surface area contributed by atoms with E-state index in [1.165, 1.54) is 0 Å². The molecule has 2 aliphatic rings. The van der Waals surface area contributed by atoms with Gasteiger partial charge in [-0.25, -0.2) is 23.8 Å². The molecule has 0 spiro atoms. The van der Waals surface area contributed by atoms with Crippen molar-refractivity contribution in [2.24, 2.45) is 0 Å². The van der Waals surface area contributed by atoms with E-state index in [1.807, 2.05) is 49.2 Å². The minimum atomic E-state index is -1.52. The molecular formula is C26H33FN8O2. The van der Waals surface area contributed by atoms with Crippen LogP contribution in [0.15, 0.2) is 42.7 Å². The first-order valence-electron chi connectivity index (χ1n) is 12.5. The highest BCUT2D eigenvalue weighted by molar-refractivity contribution is 5.91. The van der Waals surface area contributed by atoms with Gasteiger partial charge in [0.2, 0.25) is 0 Å². The summed E-state index contributed by atoms with van der Waals surface area (Å²) in [6.07, 6.45) is 4.09. The highest BCUT2D eigenvalue weighted by Crippen LogP contribution is 2.34. The van der Waals surface area contributed by atoms with Crippen LogP contribution in [-0.2, 0) is 10.4 Å². The lowest BCUT2D eigenvalue weighted by Gasteiger charge is -2.40. The van der Waals surface area contributed by atoms with E-state index in [9.17, 15) is 9.18 Å². The van der Waals surface area contributed by atoms with Crippen LogP contribution in [-0.4, -0.2) is 95.1 Å². The number of likely N-dealkylation sites (tertiary alicyclic amines) is 2. The molecule has 37 heavy (non-hydrogen) atoms. The molecule has 2 N–H and O–H groups in total. The second kappa shape index (κ2) is 10.5. The number of methoxy groups -OCH3 is 1. The Morgan fingerprint density at radius 1 is 1.22 bits per heavy atom. The van der Waals surface area contributed by atoms with Crippen molar-refractivity contribution in [1.29, 1.82) is 0 Å². The zero-order chi connectivity index (χ0) is 26.0. The number of benzene rings is 1. The Hall–Kier alpha value is -3.41. The molecule has 1 aromatic carbocycles. The molecule has 11 heteroatoms. The summed E-state index contributed by atoms with van der Waals surface area (Å²) in [5, 5.41) is 10.9. The second-order valence-electron chi connectivity index (χ2n) is 9.88. The average molecular weight is 509 g/mol. The zero-order valence-corrected chi connectivity index (χ0v) is 21.4. The molecule has 2 saturated heterocycles. The van der Waals surface area contributed by atoms with Crippen molar-refractivity contribution in [3.63, 3.8) is 0 Å². The quantitative estimate of drug-likeness (QED) is 0.482. The molecule has 2 aliphatic heterocycles. The van der Waals surface area contributed by atoms with Gasteiger partial charge in [-0.1, -0.05) is 18.2 Å². The minimum Gasteiger partial charge on any atom is -0.383 e. The summed E-state index contributed by atoms with van der Waals surface area (Å²) in [5.74, 6) is 0.739. The SMILES string of the molecule is COCCN1CCC(NC(=O)Nc2c(C)c(-c3cnc(C4(F)CN(C)C4)nc3)nn2-c2ccccc2)C1. The van der Waals surface area contributed by atoms with Crippen LogP contribution in [0.1, 0.15) is 17.8 Å². The molecule has 2 aromatic heterocycles. The number of nitrogens with one attached hydrogen (secondary N) is 2. The van der Waals surface area contributed by atoms with Crippen molar-refractivity contribution in [1.82, 2.24) is 34.9 Å². The highest BCUT2D eigenvalue weighted by Gasteiger charge is 2.45. The third-order valence-corrected chi connectivity index (χ3v) is 6.94. The summed E-state index contributed by atoms with van der Waals surface area (Å²) in [7, 11) is 3.55. The number of ether oxygens (including phenoxy) is 1. The first kappa shape index (κ1) is 25.2. The highest BCUT2D eigenvalue weighted by atomic mass is 19.1. The number of alkyl halides is 1. The lowest BCUT2D eigenvalue weighted by molar-refractivity contribution is -0.0265. The largest absolute Gasteiger partial charge is 0.383 e. The predicted molar refractivity (Wildman–Crippen MR) is 138 cm³/mol. The molecule has 1 atom stereocenters. The normalized spacial score (nSPS) is 19.5. The molecule has 2 fully saturated rings. The number of nitrogens with zero attached hydrogens (tertiary/aromatic N) is 6. The smallest absolute Gasteiger partial charge is 0.320 e. The van der Waals surface area contributed by atoms with Crippen LogP contribution in [0.5, 0.6) is 0 Å². The van der Waals surface area contributed by atoms with E-state index in [0.29, 0.717) is 23.7 Å². The Balaban J connectivity index is 1.37. The van der Waals surface area contributed by atoms with Gasteiger partial charge in [0.15, 0.2) is 11.5 Å². The number of para-hydroxylation sites is 1. The van der Waals surface area contributed by atoms with Crippen LogP contribution < -0.4 is 10.6 Å². The van der Waals surface area contributed by atoms with Gasteiger partial charge in [-0.3, -0.25) is 15.1 Å². The van der Waals surface area contributed by atoms with Crippen LogP contribution >= 0.6 is 0 Å². The second-order valence-corrected chi connectivity index (χ2v) is 9.88. The van der Waals surface area contributed by atoms with Gasteiger partial charge in [-0.15, -0.1) is 0 Å². The number of carbonyl (C=O) groups is 1. The maximum absolute atomic E-state index is 14.9. The lowest BCUT2D eigenvalue weighted by Crippen LogP contribution is -2.55. The summed E-state index contributed by atoms with van der Waals surface area (Å²) in [5.41, 5.74) is 1.32. The first-order valence-corrected chi connectivity index (χ1v) is 12.5. The van der Waals surface area contributed by atoms with E-state index in [0.717, 1.165) is 37.3 Å². The molecule has 3 aromatic rings. The van der Waals surface area contributed by atoms with E-state index in [1.54, 1.807) is 24.2 Å². The number of urea groups is 1. The first-order chi connectivity index (χ1) is 17.9. The third kappa shape index (κ3) is 5.34. The number of anilines is 1. The van der Waals surface area contributed by atoms with Gasteiger partial charge < -0.3 is 10.1 Å². The molecule has 0 radical (unpaired) electrons. The summed E-state index contributed by atoms with van der Waals surface area (Å²) in [4.78, 5) is 25.8. The Kier molecular flexibility index (Phi) is 7.18. The van der Waals surface area contributed by atoms with Crippen molar-refractivity contribution in [3.8, 4) is 16.9 Å². The van der Waals surface area contributed by atoms with Gasteiger partial charge in [-0.05, 0) is 32.5 Å². The van der Waals surface area contributed by atoms with Crippen LogP contribution in [0.2, 0.25) is 0 Å². The standard InChI is InChI=1S/C26H33FN8O2/c1-18-22(19-13-28-24(29-14-19)26(27)16-33(2)17-26)32-35(21-7-5-4-6-8-21)23(18)31-25(36)30-20-9-10-34(15-20)11-12-37-3/h4-8,13-14,20H,9-12,15-17H2,1-3H3,(H2,30,31,36). The van der Waals surface area contributed by atoms with E-state index < -0.39 is 5.67 Å². The number of hydrogen-bond donors (Lipinski definition) is 2. The molecule has 5 rings (SSSR count). The summed E-state index contributed by atoms with van der Waals surface area (Å²) in [6.45, 7) is 5.68. The predicted octanol–water partition coefficient (Wildman–Crippen LogP) is 2.59. The fourth-order valence-electron chi connectivity index (χ4n) is 5.01. The lowest BCUT2D eigenvalue weighted by atomic mass is 9.96. The Morgan fingerprint density at radius 3 is 2.62 bits per heavy atom. The average Bonchev–Trinajstić information content (AvgIpc) is 3.46. The van der Waals surface area contributed by atoms with Crippen LogP contribution in [0.25, 0.3) is 16.9 Å². The fourth-order valence-corrected chi connectivity index (χ4v) is 5.01. The van der Waals surface area contributed by atoms with Gasteiger partial charge in [0.05, 0.1) is 12.3 Å². The van der Waals surface area contributed by atoms with Crippen LogP contribution in [0, 0.1) is 6.92 Å². The third-order valence-electron chi connectivity index (χ3n) is 6.94. The van der Waals surface area contributed by atoms with Crippen molar-refractivity contribution >= 4 is 11.8 Å². The Bertz CT molecular complexity index is 1230. The topological polar surface area (TPSA) is 100 Å². The number of rotatable bonds is 8. The van der Waals surface area contributed by atoms with Gasteiger partial charge in [-0.2, -0.15) is 5.10 Å². The summed E-state index contributed by atoms with van der Waals surface area (Å²) >= 11 is 0. The number of amides is 2. The molecule has 4 heterocycles. The molecule has 10 nitrogen and oxygen atoms in total. The number of carbonyl (C=O) groups excluding carboxylic acids is 1. The van der Waals surface area contributed by atoms with Crippen LogP contribution in [0.3, 0.4) is 0 Å². The van der Waals surface area contributed by atoms with E-state index in [2.05, 4.69) is 25.5 Å². The maximum Gasteiger partial charge on any atom is 0.320 e. The van der Waals surface area contributed by atoms with E-state index in [4.69, 9.17) is 9.84 Å². The maximum atomic E-state index is 14.9. The van der Waals surface area contributed by atoms with Crippen molar-refractivity contribution in [3.05, 3.63) is 54.1 Å². The molecule has 0 aliphatic carbocycles. The Labute approximate surface area is 215 Å². The molecule has 2 amide bonds. The Morgan fingerprint density at radius 2 is 1.95 bits per heavy atom. The number of hydrogen-bond acceptors (Lipinski definition) is 7. The van der Waals surface area contributed by atoms with Crippen molar-refractivity contribution in [2.45, 2.75) is 25.1 Å². The van der Waals surface area contributed by atoms with Gasteiger partial charge in [0.1, 0.15) is 11.5 Å². The van der Waals surface area contributed by atoms with Crippen molar-refractivity contribution in [2.75, 3.05) is 58.8 Å². The molecule has 196 valence electrons. The molecule has 1 unspecified atom stereocenters. The number of likely N-dealkylation sites (N-methyl/N-ethyl adjacent to an activating group) is 1. The van der Waals surface area contributed by atoms with Crippen LogP contribution in [0.4, 0.5) is 15.0 Å². The number of aromatic nitrogens is 4. The van der Waals surface area contributed by atoms with Crippen molar-refractivity contribution < 1.29 is 13.9 Å². The molecule has 0 bridgehead atoms. The molecule has 0 saturated carbocycles. The fraction of sp³-hybridized carbons (Fsp3) is 0.462. The monoisotopic (exact) mass is 508 g/mol. The van der Waals surface area contributed by atoms with Gasteiger partial charge in [0, 0.05) is 69.4 Å². The van der Waals surface area contributed by atoms with E-state index >= 15 is 0 Å². The van der Waals surface area contributed by atoms with E-state index in [-0.39, 0.29) is 31.0 Å². The minimum absolute atomic E-state index is 0.0595. The number of halogens is 1. The summed E-state index contributed by atoms with van der Waals surface area (Å²) in [6, 6.07) is 9.36. The van der Waals surface area contributed by atoms with Gasteiger partial charge >= 0.3 is 6.03 Å². The summed E-state index contributed by atoms with van der Waals surface area (Å²) < 4.78 is 21.8.